The molecule has 0 spiro atoms. The predicted molar refractivity (Wildman–Crippen MR) is 128 cm³/mol. The number of allylic oxidation sites excluding steroid dienone is 1. The van der Waals surface area contributed by atoms with Gasteiger partial charge in [0, 0.05) is 0 Å². The maximum atomic E-state index is 4.05. The highest BCUT2D eigenvalue weighted by molar-refractivity contribution is 5.70. The molecule has 0 nitrogen and oxygen atoms in total. The van der Waals surface area contributed by atoms with Gasteiger partial charge in [-0.25, -0.2) is 0 Å². The van der Waals surface area contributed by atoms with Crippen LogP contribution in [0.1, 0.15) is 60.4 Å². The molecule has 3 aromatic carbocycles. The molecule has 0 atom stereocenters. The van der Waals surface area contributed by atoms with Crippen LogP contribution in [-0.4, -0.2) is 0 Å². The smallest absolute Gasteiger partial charge is 0.0152 e. The van der Waals surface area contributed by atoms with Crippen LogP contribution in [0.5, 0.6) is 0 Å². The van der Waals surface area contributed by atoms with Gasteiger partial charge in [0.2, 0.25) is 0 Å². The molecule has 0 aliphatic rings. The molecule has 0 saturated heterocycles. The number of hydrogen-bond donors (Lipinski definition) is 0. The Morgan fingerprint density at radius 3 is 1.97 bits per heavy atom. The Kier molecular flexibility index (Phi) is 7.47. The molecule has 0 fully saturated rings. The van der Waals surface area contributed by atoms with E-state index in [2.05, 4.69) is 94.1 Å². The molecule has 0 unspecified atom stereocenters. The Morgan fingerprint density at radius 1 is 0.655 bits per heavy atom. The van der Waals surface area contributed by atoms with Gasteiger partial charge < -0.3 is 0 Å². The zero-order valence-corrected chi connectivity index (χ0v) is 18.3. The van der Waals surface area contributed by atoms with E-state index < -0.39 is 0 Å². The fourth-order valence-corrected chi connectivity index (χ4v) is 4.06. The van der Waals surface area contributed by atoms with Crippen molar-refractivity contribution < 1.29 is 0 Å². The summed E-state index contributed by atoms with van der Waals surface area (Å²) in [4.78, 5) is 0. The van der Waals surface area contributed by atoms with Gasteiger partial charge in [-0.15, -0.1) is 0 Å². The first-order valence-corrected chi connectivity index (χ1v) is 10.9. The predicted octanol–water partition coefficient (Wildman–Crippen LogP) is 8.35. The summed E-state index contributed by atoms with van der Waals surface area (Å²) in [5.41, 5.74) is 10.8. The van der Waals surface area contributed by atoms with Crippen molar-refractivity contribution in [3.63, 3.8) is 0 Å². The lowest BCUT2D eigenvalue weighted by Gasteiger charge is -2.11. The molecule has 3 rings (SSSR count). The average Bonchev–Trinajstić information content (AvgIpc) is 2.71. The number of rotatable bonds is 9. The zero-order chi connectivity index (χ0) is 20.6. The summed E-state index contributed by atoms with van der Waals surface area (Å²) in [6.07, 6.45) is 7.50. The molecule has 0 bridgehead atoms. The second-order valence-electron chi connectivity index (χ2n) is 8.36. The van der Waals surface area contributed by atoms with Crippen molar-refractivity contribution in [1.82, 2.24) is 0 Å². The van der Waals surface area contributed by atoms with Gasteiger partial charge in [-0.2, -0.15) is 0 Å². The van der Waals surface area contributed by atoms with Crippen molar-refractivity contribution in [1.29, 1.82) is 0 Å². The number of unbranched alkanes of at least 4 members (excludes halogenated alkanes) is 3. The van der Waals surface area contributed by atoms with Crippen molar-refractivity contribution in [2.75, 3.05) is 0 Å². The minimum Gasteiger partial charge on any atom is -0.0955 e. The maximum absolute atomic E-state index is 4.05. The van der Waals surface area contributed by atoms with E-state index in [4.69, 9.17) is 0 Å². The van der Waals surface area contributed by atoms with Crippen LogP contribution in [0.3, 0.4) is 0 Å². The summed E-state index contributed by atoms with van der Waals surface area (Å²) < 4.78 is 0. The first-order chi connectivity index (χ1) is 14.0. The summed E-state index contributed by atoms with van der Waals surface area (Å²) in [5.74, 6) is 0. The molecule has 0 aliphatic carbocycles. The molecule has 0 heterocycles. The van der Waals surface area contributed by atoms with Crippen LogP contribution in [0, 0.1) is 13.8 Å². The lowest BCUT2D eigenvalue weighted by molar-refractivity contribution is 0.640. The fraction of sp³-hybridized carbons (Fsp3) is 0.310. The minimum absolute atomic E-state index is 1.15. The number of aryl methyl sites for hydroxylation is 4. The van der Waals surface area contributed by atoms with Gasteiger partial charge in [-0.3, -0.25) is 0 Å². The van der Waals surface area contributed by atoms with Gasteiger partial charge in [-0.05, 0) is 85.4 Å². The minimum atomic E-state index is 1.15. The standard InChI is InChI=1S/C29H34/c1-22(2)27-16-11-15-25(21-27)13-7-5-6-8-14-26-18-19-29(24(4)20-26)28-17-10-9-12-23(28)3/h9-12,15-21H,1,5-8,13-14H2,2-4H3. The normalized spacial score (nSPS) is 10.9. The molecule has 0 amide bonds. The largest absolute Gasteiger partial charge is 0.0955 e. The van der Waals surface area contributed by atoms with Crippen LogP contribution in [0.4, 0.5) is 0 Å². The SMILES string of the molecule is C=C(C)c1cccc(CCCCCCc2ccc(-c3ccccc3C)c(C)c2)c1. The summed E-state index contributed by atoms with van der Waals surface area (Å²) in [5, 5.41) is 0. The third-order valence-corrected chi connectivity index (χ3v) is 5.83. The molecule has 0 aliphatic heterocycles. The molecule has 0 saturated carbocycles. The Morgan fingerprint density at radius 2 is 1.31 bits per heavy atom. The Bertz CT molecular complexity index is 961. The van der Waals surface area contributed by atoms with Gasteiger partial charge in [0.05, 0.1) is 0 Å². The molecule has 0 N–H and O–H groups in total. The average molecular weight is 383 g/mol. The lowest BCUT2D eigenvalue weighted by atomic mass is 9.94. The molecule has 0 aromatic heterocycles. The van der Waals surface area contributed by atoms with Gasteiger partial charge in [0.1, 0.15) is 0 Å². The molecule has 29 heavy (non-hydrogen) atoms. The van der Waals surface area contributed by atoms with Gasteiger partial charge >= 0.3 is 0 Å². The molecule has 0 heteroatoms. The highest BCUT2D eigenvalue weighted by Crippen LogP contribution is 2.27. The third kappa shape index (κ3) is 5.94. The van der Waals surface area contributed by atoms with Crippen molar-refractivity contribution in [3.8, 4) is 11.1 Å². The fourth-order valence-electron chi connectivity index (χ4n) is 4.06. The van der Waals surface area contributed by atoms with Crippen molar-refractivity contribution in [2.24, 2.45) is 0 Å². The Balaban J connectivity index is 1.44. The maximum Gasteiger partial charge on any atom is -0.0152 e. The van der Waals surface area contributed by atoms with Crippen molar-refractivity contribution in [2.45, 2.75) is 59.3 Å². The van der Waals surface area contributed by atoms with E-state index in [1.807, 2.05) is 0 Å². The zero-order valence-electron chi connectivity index (χ0n) is 18.3. The van der Waals surface area contributed by atoms with E-state index in [1.165, 1.54) is 77.5 Å². The first kappa shape index (κ1) is 21.1. The molecular weight excluding hydrogens is 348 g/mol. The van der Waals surface area contributed by atoms with Crippen LogP contribution >= 0.6 is 0 Å². The number of benzene rings is 3. The van der Waals surface area contributed by atoms with Crippen LogP contribution in [-0.2, 0) is 12.8 Å². The Labute approximate surface area is 177 Å². The van der Waals surface area contributed by atoms with Gasteiger partial charge in [-0.1, -0.05) is 91.7 Å². The van der Waals surface area contributed by atoms with E-state index in [9.17, 15) is 0 Å². The first-order valence-electron chi connectivity index (χ1n) is 10.9. The van der Waals surface area contributed by atoms with E-state index in [1.54, 1.807) is 0 Å². The third-order valence-electron chi connectivity index (χ3n) is 5.83. The number of hydrogen-bond acceptors (Lipinski definition) is 0. The van der Waals surface area contributed by atoms with Crippen molar-refractivity contribution in [3.05, 3.63) is 101 Å². The van der Waals surface area contributed by atoms with Crippen LogP contribution in [0.15, 0.2) is 73.3 Å². The molecule has 0 radical (unpaired) electrons. The second-order valence-corrected chi connectivity index (χ2v) is 8.36. The van der Waals surface area contributed by atoms with E-state index in [0.717, 1.165) is 5.57 Å². The second kappa shape index (κ2) is 10.3. The monoisotopic (exact) mass is 382 g/mol. The summed E-state index contributed by atoms with van der Waals surface area (Å²) in [6.45, 7) is 10.6. The van der Waals surface area contributed by atoms with E-state index in [0.29, 0.717) is 0 Å². The summed E-state index contributed by atoms with van der Waals surface area (Å²) >= 11 is 0. The quantitative estimate of drug-likeness (QED) is 0.326. The molecule has 3 aromatic rings. The van der Waals surface area contributed by atoms with Crippen LogP contribution < -0.4 is 0 Å². The van der Waals surface area contributed by atoms with Crippen LogP contribution in [0.2, 0.25) is 0 Å². The summed E-state index contributed by atoms with van der Waals surface area (Å²) in [7, 11) is 0. The Hall–Kier alpha value is -2.60. The van der Waals surface area contributed by atoms with E-state index in [-0.39, 0.29) is 0 Å². The highest BCUT2D eigenvalue weighted by Gasteiger charge is 2.05. The van der Waals surface area contributed by atoms with Gasteiger partial charge in [0.25, 0.3) is 0 Å². The summed E-state index contributed by atoms with van der Waals surface area (Å²) in [6, 6.07) is 24.5. The molecule has 150 valence electrons. The topological polar surface area (TPSA) is 0 Å². The lowest BCUT2D eigenvalue weighted by Crippen LogP contribution is -1.92. The van der Waals surface area contributed by atoms with Crippen LogP contribution in [0.25, 0.3) is 16.7 Å². The molecular formula is C29H34. The van der Waals surface area contributed by atoms with E-state index >= 15 is 0 Å². The van der Waals surface area contributed by atoms with Crippen molar-refractivity contribution >= 4 is 5.57 Å². The van der Waals surface area contributed by atoms with Gasteiger partial charge in [0.15, 0.2) is 0 Å². The highest BCUT2D eigenvalue weighted by atomic mass is 14.1.